The number of nitrogens with zero attached hydrogens (tertiary/aromatic N) is 1. The lowest BCUT2D eigenvalue weighted by Gasteiger charge is -2.21. The van der Waals surface area contributed by atoms with Crippen molar-refractivity contribution in [2.75, 3.05) is 6.54 Å². The molecule has 0 fully saturated rings. The zero-order chi connectivity index (χ0) is 13.7. The smallest absolute Gasteiger partial charge is 0.254 e. The monoisotopic (exact) mass is 271 g/mol. The van der Waals surface area contributed by atoms with Gasteiger partial charge in [-0.05, 0) is 36.8 Å². The Hall–Kier alpha value is -1.74. The molecule has 0 N–H and O–H groups in total. The highest BCUT2D eigenvalue weighted by Crippen LogP contribution is 2.12. The van der Waals surface area contributed by atoms with E-state index in [-0.39, 0.29) is 5.91 Å². The number of rotatable bonds is 4. The number of thiol groups is 1. The van der Waals surface area contributed by atoms with Crippen LogP contribution in [0.3, 0.4) is 0 Å². The zero-order valence-electron chi connectivity index (χ0n) is 10.9. The zero-order valence-corrected chi connectivity index (χ0v) is 11.8. The molecule has 0 aliphatic carbocycles. The van der Waals surface area contributed by atoms with Crippen molar-refractivity contribution in [2.45, 2.75) is 18.4 Å². The average molecular weight is 271 g/mol. The van der Waals surface area contributed by atoms with E-state index in [4.69, 9.17) is 0 Å². The van der Waals surface area contributed by atoms with Gasteiger partial charge in [0.2, 0.25) is 0 Å². The van der Waals surface area contributed by atoms with Crippen molar-refractivity contribution in [2.24, 2.45) is 0 Å². The quantitative estimate of drug-likeness (QED) is 0.842. The van der Waals surface area contributed by atoms with Gasteiger partial charge in [0.25, 0.3) is 5.91 Å². The van der Waals surface area contributed by atoms with Crippen LogP contribution in [-0.2, 0) is 6.54 Å². The van der Waals surface area contributed by atoms with E-state index in [9.17, 15) is 4.79 Å². The summed E-state index contributed by atoms with van der Waals surface area (Å²) < 4.78 is 0. The molecule has 1 amide bonds. The molecule has 0 spiro atoms. The summed E-state index contributed by atoms with van der Waals surface area (Å²) in [6.07, 6.45) is 0. The molecule has 0 bridgehead atoms. The summed E-state index contributed by atoms with van der Waals surface area (Å²) in [6, 6.07) is 17.3. The number of hydrogen-bond acceptors (Lipinski definition) is 2. The van der Waals surface area contributed by atoms with Crippen LogP contribution in [0.1, 0.15) is 22.8 Å². The summed E-state index contributed by atoms with van der Waals surface area (Å²) in [4.78, 5) is 15.1. The summed E-state index contributed by atoms with van der Waals surface area (Å²) in [5, 5.41) is 0. The number of benzene rings is 2. The molecule has 0 aliphatic heterocycles. The van der Waals surface area contributed by atoms with Crippen LogP contribution in [0.2, 0.25) is 0 Å². The molecule has 3 heteroatoms. The van der Waals surface area contributed by atoms with E-state index in [0.717, 1.165) is 10.5 Å². The summed E-state index contributed by atoms with van der Waals surface area (Å²) in [7, 11) is 0. The highest BCUT2D eigenvalue weighted by Gasteiger charge is 2.14. The van der Waals surface area contributed by atoms with E-state index >= 15 is 0 Å². The number of amides is 1. The van der Waals surface area contributed by atoms with Crippen molar-refractivity contribution in [3.63, 3.8) is 0 Å². The molecule has 19 heavy (non-hydrogen) atoms. The maximum atomic E-state index is 12.4. The van der Waals surface area contributed by atoms with E-state index in [0.29, 0.717) is 18.7 Å². The summed E-state index contributed by atoms with van der Waals surface area (Å²) in [5.41, 5.74) is 1.85. The van der Waals surface area contributed by atoms with Crippen LogP contribution in [0.25, 0.3) is 0 Å². The normalized spacial score (nSPS) is 10.2. The largest absolute Gasteiger partial charge is 0.335 e. The van der Waals surface area contributed by atoms with Gasteiger partial charge in [0.15, 0.2) is 0 Å². The molecular weight excluding hydrogens is 254 g/mol. The highest BCUT2D eigenvalue weighted by molar-refractivity contribution is 7.80. The topological polar surface area (TPSA) is 20.3 Å². The van der Waals surface area contributed by atoms with Gasteiger partial charge in [0.1, 0.15) is 0 Å². The van der Waals surface area contributed by atoms with Gasteiger partial charge in [0, 0.05) is 23.5 Å². The molecule has 2 aromatic rings. The number of carbonyl (C=O) groups excluding carboxylic acids is 1. The Labute approximate surface area is 119 Å². The van der Waals surface area contributed by atoms with Crippen molar-refractivity contribution < 1.29 is 4.79 Å². The minimum absolute atomic E-state index is 0.0553. The number of hydrogen-bond donors (Lipinski definition) is 1. The van der Waals surface area contributed by atoms with E-state index in [1.165, 1.54) is 0 Å². The minimum Gasteiger partial charge on any atom is -0.335 e. The Morgan fingerprint density at radius 2 is 1.68 bits per heavy atom. The fourth-order valence-corrected chi connectivity index (χ4v) is 2.07. The van der Waals surface area contributed by atoms with Crippen molar-refractivity contribution >= 4 is 18.5 Å². The van der Waals surface area contributed by atoms with Crippen LogP contribution in [0, 0.1) is 0 Å². The third-order valence-electron chi connectivity index (χ3n) is 3.00. The summed E-state index contributed by atoms with van der Waals surface area (Å²) >= 11 is 4.23. The lowest BCUT2D eigenvalue weighted by atomic mass is 10.1. The standard InChI is InChI=1S/C16H17NOS/c1-2-17(12-13-6-4-3-5-7-13)16(18)14-8-10-15(19)11-9-14/h3-11,19H,2,12H2,1H3. The van der Waals surface area contributed by atoms with E-state index in [2.05, 4.69) is 12.6 Å². The SMILES string of the molecule is CCN(Cc1ccccc1)C(=O)c1ccc(S)cc1. The lowest BCUT2D eigenvalue weighted by Crippen LogP contribution is -2.30. The predicted octanol–water partition coefficient (Wildman–Crippen LogP) is 3.64. The highest BCUT2D eigenvalue weighted by atomic mass is 32.1. The molecule has 2 nitrogen and oxygen atoms in total. The third kappa shape index (κ3) is 3.61. The van der Waals surface area contributed by atoms with Crippen molar-refractivity contribution in [3.8, 4) is 0 Å². The fraction of sp³-hybridized carbons (Fsp3) is 0.188. The third-order valence-corrected chi connectivity index (χ3v) is 3.30. The van der Waals surface area contributed by atoms with Crippen molar-refractivity contribution in [3.05, 3.63) is 65.7 Å². The van der Waals surface area contributed by atoms with Gasteiger partial charge in [-0.25, -0.2) is 0 Å². The van der Waals surface area contributed by atoms with E-state index in [1.54, 1.807) is 0 Å². The maximum absolute atomic E-state index is 12.4. The molecule has 0 unspecified atom stereocenters. The summed E-state index contributed by atoms with van der Waals surface area (Å²) in [6.45, 7) is 3.32. The van der Waals surface area contributed by atoms with Gasteiger partial charge in [-0.15, -0.1) is 12.6 Å². The van der Waals surface area contributed by atoms with Crippen LogP contribution in [0.4, 0.5) is 0 Å². The molecule has 2 rings (SSSR count). The Morgan fingerprint density at radius 1 is 1.05 bits per heavy atom. The minimum atomic E-state index is 0.0553. The second-order valence-electron chi connectivity index (χ2n) is 4.35. The van der Waals surface area contributed by atoms with Gasteiger partial charge in [0.05, 0.1) is 0 Å². The van der Waals surface area contributed by atoms with Crippen LogP contribution in [0.15, 0.2) is 59.5 Å². The Bertz CT molecular complexity index is 536. The lowest BCUT2D eigenvalue weighted by molar-refractivity contribution is 0.0752. The average Bonchev–Trinajstić information content (AvgIpc) is 2.46. The van der Waals surface area contributed by atoms with Gasteiger partial charge in [-0.3, -0.25) is 4.79 Å². The second-order valence-corrected chi connectivity index (χ2v) is 4.87. The van der Waals surface area contributed by atoms with Gasteiger partial charge >= 0.3 is 0 Å². The van der Waals surface area contributed by atoms with Crippen molar-refractivity contribution in [1.82, 2.24) is 4.90 Å². The second kappa shape index (κ2) is 6.43. The molecule has 0 saturated carbocycles. The molecular formula is C16H17NOS. The molecule has 2 aromatic carbocycles. The van der Waals surface area contributed by atoms with Crippen LogP contribution in [-0.4, -0.2) is 17.4 Å². The van der Waals surface area contributed by atoms with Crippen LogP contribution >= 0.6 is 12.6 Å². The molecule has 0 heterocycles. The van der Waals surface area contributed by atoms with Gasteiger partial charge in [-0.1, -0.05) is 30.3 Å². The first-order valence-electron chi connectivity index (χ1n) is 6.33. The van der Waals surface area contributed by atoms with Crippen molar-refractivity contribution in [1.29, 1.82) is 0 Å². The molecule has 0 aromatic heterocycles. The molecule has 0 atom stereocenters. The summed E-state index contributed by atoms with van der Waals surface area (Å²) in [5.74, 6) is 0.0553. The predicted molar refractivity (Wildman–Crippen MR) is 80.6 cm³/mol. The van der Waals surface area contributed by atoms with Gasteiger partial charge < -0.3 is 4.90 Å². The molecule has 98 valence electrons. The maximum Gasteiger partial charge on any atom is 0.254 e. The van der Waals surface area contributed by atoms with Crippen LogP contribution in [0.5, 0.6) is 0 Å². The first kappa shape index (κ1) is 13.7. The molecule has 0 saturated heterocycles. The van der Waals surface area contributed by atoms with E-state index < -0.39 is 0 Å². The first-order chi connectivity index (χ1) is 9.20. The van der Waals surface area contributed by atoms with Gasteiger partial charge in [-0.2, -0.15) is 0 Å². The Balaban J connectivity index is 2.13. The Morgan fingerprint density at radius 3 is 2.26 bits per heavy atom. The fourth-order valence-electron chi connectivity index (χ4n) is 1.92. The first-order valence-corrected chi connectivity index (χ1v) is 6.77. The molecule has 0 aliphatic rings. The Kier molecular flexibility index (Phi) is 4.63. The van der Waals surface area contributed by atoms with E-state index in [1.807, 2.05) is 66.4 Å². The number of carbonyl (C=O) groups is 1. The van der Waals surface area contributed by atoms with Crippen LogP contribution < -0.4 is 0 Å². The molecule has 0 radical (unpaired) electrons.